The van der Waals surface area contributed by atoms with Crippen molar-refractivity contribution in [1.82, 2.24) is 0 Å². The van der Waals surface area contributed by atoms with E-state index in [2.05, 4.69) is 0 Å². The van der Waals surface area contributed by atoms with Crippen LogP contribution in [0.1, 0.15) is 26.7 Å². The van der Waals surface area contributed by atoms with Gasteiger partial charge in [-0.15, -0.1) is 0 Å². The number of hydrogen-bond donors (Lipinski definition) is 0. The smallest absolute Gasteiger partial charge is 0.311 e. The minimum Gasteiger partial charge on any atom is -0.460 e. The molecule has 0 saturated carbocycles. The second-order valence-corrected chi connectivity index (χ2v) is 8.51. The number of carbonyl (C=O) groups excluding carboxylic acids is 2. The maximum atomic E-state index is 12.2. The molecule has 1 aromatic carbocycles. The second-order valence-electron chi connectivity index (χ2n) is 8.10. The zero-order chi connectivity index (χ0) is 20.8. The summed E-state index contributed by atoms with van der Waals surface area (Å²) in [6.45, 7) is 4.51. The van der Waals surface area contributed by atoms with Crippen LogP contribution in [-0.2, 0) is 14.3 Å². The standard InChI is InChI=1S/C18H26ClN2O6/c1-18(2,11-16(22)26-9-8-21(3,4)5)12-17(23)27-15-7-6-13(20(24)25)10-14(15)19/h6-7,10H,8-9,11-12H2,1-5H3/q+1. The van der Waals surface area contributed by atoms with Gasteiger partial charge in [0.1, 0.15) is 18.9 Å². The van der Waals surface area contributed by atoms with Crippen molar-refractivity contribution < 1.29 is 28.5 Å². The maximum absolute atomic E-state index is 12.2. The highest BCUT2D eigenvalue weighted by atomic mass is 35.5. The highest BCUT2D eigenvalue weighted by Gasteiger charge is 2.28. The van der Waals surface area contributed by atoms with Crippen molar-refractivity contribution in [2.24, 2.45) is 5.41 Å². The summed E-state index contributed by atoms with van der Waals surface area (Å²) in [5, 5.41) is 10.7. The van der Waals surface area contributed by atoms with E-state index >= 15 is 0 Å². The van der Waals surface area contributed by atoms with Gasteiger partial charge in [-0.05, 0) is 11.5 Å². The first-order chi connectivity index (χ1) is 12.3. The number of nitro groups is 1. The molecule has 0 aliphatic rings. The first kappa shape index (κ1) is 22.9. The largest absolute Gasteiger partial charge is 0.460 e. The Morgan fingerprint density at radius 1 is 1.19 bits per heavy atom. The molecular weight excluding hydrogens is 376 g/mol. The second kappa shape index (κ2) is 9.14. The van der Waals surface area contributed by atoms with Gasteiger partial charge in [0.25, 0.3) is 5.69 Å². The molecule has 0 atom stereocenters. The third-order valence-corrected chi connectivity index (χ3v) is 3.92. The molecule has 0 heterocycles. The average Bonchev–Trinajstić information content (AvgIpc) is 2.46. The predicted molar refractivity (Wildman–Crippen MR) is 101 cm³/mol. The molecule has 0 saturated heterocycles. The van der Waals surface area contributed by atoms with Crippen molar-refractivity contribution in [3.8, 4) is 5.75 Å². The molecule has 1 aromatic rings. The summed E-state index contributed by atoms with van der Waals surface area (Å²) in [6, 6.07) is 3.58. The van der Waals surface area contributed by atoms with Crippen molar-refractivity contribution in [2.45, 2.75) is 26.7 Å². The van der Waals surface area contributed by atoms with E-state index in [9.17, 15) is 19.7 Å². The number of likely N-dealkylation sites (N-methyl/N-ethyl adjacent to an activating group) is 1. The van der Waals surface area contributed by atoms with E-state index < -0.39 is 16.3 Å². The minimum atomic E-state index is -0.669. The minimum absolute atomic E-state index is 0.0323. The number of esters is 2. The Kier molecular flexibility index (Phi) is 7.74. The van der Waals surface area contributed by atoms with Crippen LogP contribution in [0.4, 0.5) is 5.69 Å². The van der Waals surface area contributed by atoms with Gasteiger partial charge in [-0.1, -0.05) is 25.4 Å². The Balaban J connectivity index is 2.57. The summed E-state index contributed by atoms with van der Waals surface area (Å²) in [7, 11) is 5.99. The lowest BCUT2D eigenvalue weighted by molar-refractivity contribution is -0.870. The SMILES string of the molecule is CC(C)(CC(=O)OCC[N+](C)(C)C)CC(=O)Oc1ccc([N+](=O)[O-])cc1Cl. The first-order valence-corrected chi connectivity index (χ1v) is 8.78. The van der Waals surface area contributed by atoms with Crippen LogP contribution in [0.15, 0.2) is 18.2 Å². The summed E-state index contributed by atoms with van der Waals surface area (Å²) in [5.74, 6) is -0.932. The van der Waals surface area contributed by atoms with E-state index in [1.54, 1.807) is 13.8 Å². The Hall–Kier alpha value is -2.19. The number of ether oxygens (including phenoxy) is 2. The fourth-order valence-corrected chi connectivity index (χ4v) is 2.39. The highest BCUT2D eigenvalue weighted by molar-refractivity contribution is 6.32. The van der Waals surface area contributed by atoms with Gasteiger partial charge < -0.3 is 14.0 Å². The van der Waals surface area contributed by atoms with Crippen molar-refractivity contribution in [1.29, 1.82) is 0 Å². The Morgan fingerprint density at radius 3 is 2.30 bits per heavy atom. The molecule has 27 heavy (non-hydrogen) atoms. The quantitative estimate of drug-likeness (QED) is 0.207. The number of nitro benzene ring substituents is 1. The van der Waals surface area contributed by atoms with Crippen molar-refractivity contribution in [3.05, 3.63) is 33.3 Å². The monoisotopic (exact) mass is 401 g/mol. The van der Waals surface area contributed by atoms with Crippen LogP contribution in [0.5, 0.6) is 5.75 Å². The molecule has 8 nitrogen and oxygen atoms in total. The van der Waals surface area contributed by atoms with Crippen molar-refractivity contribution >= 4 is 29.2 Å². The van der Waals surface area contributed by atoms with Crippen LogP contribution in [0.25, 0.3) is 0 Å². The Morgan fingerprint density at radius 2 is 1.78 bits per heavy atom. The first-order valence-electron chi connectivity index (χ1n) is 8.40. The molecule has 0 amide bonds. The van der Waals surface area contributed by atoms with Gasteiger partial charge in [0.15, 0.2) is 0 Å². The molecule has 0 N–H and O–H groups in total. The van der Waals surface area contributed by atoms with Crippen LogP contribution in [0.2, 0.25) is 5.02 Å². The van der Waals surface area contributed by atoms with E-state index in [4.69, 9.17) is 21.1 Å². The third-order valence-electron chi connectivity index (χ3n) is 3.62. The molecule has 1 rings (SSSR count). The lowest BCUT2D eigenvalue weighted by Crippen LogP contribution is -2.38. The molecule has 0 bridgehead atoms. The van der Waals surface area contributed by atoms with Gasteiger partial charge in [-0.25, -0.2) is 0 Å². The van der Waals surface area contributed by atoms with Crippen LogP contribution < -0.4 is 4.74 Å². The lowest BCUT2D eigenvalue weighted by atomic mass is 9.86. The zero-order valence-electron chi connectivity index (χ0n) is 16.3. The molecule has 9 heteroatoms. The molecule has 0 fully saturated rings. The highest BCUT2D eigenvalue weighted by Crippen LogP contribution is 2.31. The van der Waals surface area contributed by atoms with E-state index in [1.807, 2.05) is 21.1 Å². The number of quaternary nitrogens is 1. The van der Waals surface area contributed by atoms with E-state index in [1.165, 1.54) is 12.1 Å². The van der Waals surface area contributed by atoms with Gasteiger partial charge in [0.05, 0.1) is 43.9 Å². The molecule has 0 unspecified atom stereocenters. The van der Waals surface area contributed by atoms with Crippen LogP contribution in [0, 0.1) is 15.5 Å². The van der Waals surface area contributed by atoms with E-state index in [0.717, 1.165) is 6.07 Å². The van der Waals surface area contributed by atoms with Crippen LogP contribution >= 0.6 is 11.6 Å². The zero-order valence-corrected chi connectivity index (χ0v) is 17.0. The van der Waals surface area contributed by atoms with E-state index in [-0.39, 0.29) is 35.3 Å². The number of carbonyl (C=O) groups is 2. The normalized spacial score (nSPS) is 11.8. The number of rotatable bonds is 9. The fraction of sp³-hybridized carbons (Fsp3) is 0.556. The molecule has 0 aliphatic carbocycles. The number of non-ortho nitro benzene ring substituents is 1. The molecule has 0 aromatic heterocycles. The molecular formula is C18H26ClN2O6+. The van der Waals surface area contributed by atoms with Gasteiger partial charge in [-0.2, -0.15) is 0 Å². The van der Waals surface area contributed by atoms with Gasteiger partial charge in [0, 0.05) is 12.1 Å². The molecule has 0 radical (unpaired) electrons. The topological polar surface area (TPSA) is 95.7 Å². The summed E-state index contributed by atoms with van der Waals surface area (Å²) in [6.07, 6.45) is 0.0258. The maximum Gasteiger partial charge on any atom is 0.311 e. The fourth-order valence-electron chi connectivity index (χ4n) is 2.17. The van der Waals surface area contributed by atoms with Crippen molar-refractivity contribution in [2.75, 3.05) is 34.3 Å². The summed E-state index contributed by atoms with van der Waals surface area (Å²) >= 11 is 5.91. The number of benzene rings is 1. The van der Waals surface area contributed by atoms with Gasteiger partial charge >= 0.3 is 11.9 Å². The van der Waals surface area contributed by atoms with Crippen LogP contribution in [-0.4, -0.2) is 55.6 Å². The molecule has 0 spiro atoms. The number of nitrogens with zero attached hydrogens (tertiary/aromatic N) is 2. The van der Waals surface area contributed by atoms with Gasteiger partial charge in [0.2, 0.25) is 0 Å². The summed E-state index contributed by atoms with van der Waals surface area (Å²) in [5.41, 5.74) is -0.866. The molecule has 150 valence electrons. The van der Waals surface area contributed by atoms with E-state index in [0.29, 0.717) is 17.6 Å². The predicted octanol–water partition coefficient (Wildman–Crippen LogP) is 3.21. The Labute approximate surface area is 163 Å². The van der Waals surface area contributed by atoms with Crippen LogP contribution in [0.3, 0.4) is 0 Å². The Bertz CT molecular complexity index is 712. The van der Waals surface area contributed by atoms with Crippen molar-refractivity contribution in [3.63, 3.8) is 0 Å². The average molecular weight is 402 g/mol. The summed E-state index contributed by atoms with van der Waals surface area (Å²) < 4.78 is 11.1. The molecule has 0 aliphatic heterocycles. The number of halogens is 1. The third kappa shape index (κ3) is 8.83. The lowest BCUT2D eigenvalue weighted by Gasteiger charge is -2.25. The number of hydrogen-bond acceptors (Lipinski definition) is 6. The van der Waals surface area contributed by atoms with Gasteiger partial charge in [-0.3, -0.25) is 19.7 Å². The summed E-state index contributed by atoms with van der Waals surface area (Å²) in [4.78, 5) is 34.2.